The number of hydrogen-bond donors (Lipinski definition) is 2. The second-order valence-electron chi connectivity index (χ2n) is 7.21. The van der Waals surface area contributed by atoms with E-state index in [4.69, 9.17) is 4.74 Å². The number of nitrogens with zero attached hydrogens (tertiary/aromatic N) is 3. The zero-order chi connectivity index (χ0) is 19.9. The van der Waals surface area contributed by atoms with Crippen LogP contribution in [0.2, 0.25) is 0 Å². The second-order valence-corrected chi connectivity index (χ2v) is 7.21. The molecule has 0 atom stereocenters. The Morgan fingerprint density at radius 2 is 1.96 bits per heavy atom. The van der Waals surface area contributed by atoms with E-state index >= 15 is 4.39 Å². The molecular weight excluding hydrogens is 357 g/mol. The average molecular weight is 388 g/mol. The minimum absolute atomic E-state index is 0.295. The van der Waals surface area contributed by atoms with Crippen LogP contribution in [-0.4, -0.2) is 48.7 Å². The summed E-state index contributed by atoms with van der Waals surface area (Å²) in [6, 6.07) is 5.31. The Hall–Kier alpha value is -2.41. The normalized spacial score (nSPS) is 14.3. The van der Waals surface area contributed by atoms with Crippen LogP contribution < -0.4 is 15.4 Å². The molecule has 2 N–H and O–H groups in total. The zero-order valence-electron chi connectivity index (χ0n) is 17.0. The summed E-state index contributed by atoms with van der Waals surface area (Å²) in [7, 11) is 3.37. The van der Waals surface area contributed by atoms with Gasteiger partial charge < -0.3 is 20.3 Å². The minimum Gasteiger partial charge on any atom is -0.496 e. The van der Waals surface area contributed by atoms with Crippen molar-refractivity contribution in [1.82, 2.24) is 14.9 Å². The lowest BCUT2D eigenvalue weighted by atomic mass is 10.0. The molecule has 3 rings (SSSR count). The lowest BCUT2D eigenvalue weighted by molar-refractivity contribution is 0.329. The van der Waals surface area contributed by atoms with E-state index < -0.39 is 0 Å². The lowest BCUT2D eigenvalue weighted by Crippen LogP contribution is -2.20. The fraction of sp³-hybridized carbons (Fsp3) is 0.524. The van der Waals surface area contributed by atoms with E-state index in [0.717, 1.165) is 25.1 Å². The van der Waals surface area contributed by atoms with Crippen LogP contribution in [0.25, 0.3) is 0 Å². The summed E-state index contributed by atoms with van der Waals surface area (Å²) in [5.41, 5.74) is 1.77. The molecule has 152 valence electrons. The van der Waals surface area contributed by atoms with Crippen LogP contribution in [0.15, 0.2) is 18.2 Å². The Morgan fingerprint density at radius 3 is 2.68 bits per heavy atom. The highest BCUT2D eigenvalue weighted by Crippen LogP contribution is 2.30. The Bertz CT molecular complexity index is 793. The number of rotatable bonds is 9. The van der Waals surface area contributed by atoms with Gasteiger partial charge in [-0.2, -0.15) is 4.98 Å². The second kappa shape index (κ2) is 9.68. The van der Waals surface area contributed by atoms with Crippen molar-refractivity contribution in [2.24, 2.45) is 0 Å². The molecule has 0 bridgehead atoms. The van der Waals surface area contributed by atoms with Crippen LogP contribution in [0, 0.1) is 12.7 Å². The van der Waals surface area contributed by atoms with E-state index in [-0.39, 0.29) is 5.82 Å². The first-order valence-electron chi connectivity index (χ1n) is 9.99. The number of aromatic nitrogens is 2. The van der Waals surface area contributed by atoms with Gasteiger partial charge in [0.15, 0.2) is 5.82 Å². The van der Waals surface area contributed by atoms with Gasteiger partial charge in [0.1, 0.15) is 11.6 Å². The van der Waals surface area contributed by atoms with Crippen LogP contribution in [0.5, 0.6) is 5.75 Å². The van der Waals surface area contributed by atoms with Crippen LogP contribution in [0.1, 0.15) is 36.9 Å². The first-order chi connectivity index (χ1) is 13.6. The number of ether oxygens (including phenoxy) is 1. The largest absolute Gasteiger partial charge is 0.496 e. The van der Waals surface area contributed by atoms with E-state index in [9.17, 15) is 0 Å². The summed E-state index contributed by atoms with van der Waals surface area (Å²) in [5.74, 6) is 1.35. The van der Waals surface area contributed by atoms with Crippen molar-refractivity contribution in [1.29, 1.82) is 0 Å². The number of methoxy groups -OCH3 is 1. The number of hydrogen-bond acceptors (Lipinski definition) is 6. The number of aryl methyl sites for hydroxylation is 1. The molecule has 0 saturated carbocycles. The Balaban J connectivity index is 1.70. The topological polar surface area (TPSA) is 62.3 Å². The summed E-state index contributed by atoms with van der Waals surface area (Å²) < 4.78 is 20.6. The lowest BCUT2D eigenvalue weighted by Gasteiger charge is -2.16. The van der Waals surface area contributed by atoms with Crippen molar-refractivity contribution in [2.75, 3.05) is 44.4 Å². The number of likely N-dealkylation sites (tertiary alicyclic amines) is 1. The van der Waals surface area contributed by atoms with Gasteiger partial charge in [-0.3, -0.25) is 0 Å². The number of unbranched alkanes of at least 4 members (excludes halogenated alkanes) is 1. The average Bonchev–Trinajstić information content (AvgIpc) is 3.20. The van der Waals surface area contributed by atoms with E-state index in [1.165, 1.54) is 25.9 Å². The molecule has 2 heterocycles. The third-order valence-electron chi connectivity index (χ3n) is 5.13. The summed E-state index contributed by atoms with van der Waals surface area (Å²) in [6.45, 7) is 5.36. The van der Waals surface area contributed by atoms with Crippen molar-refractivity contribution >= 4 is 17.5 Å². The SMILES string of the molecule is CNc1cc(C)nc(Nc2ccc(OC)c(CCCCN3CCCC3)c2F)n1. The van der Waals surface area contributed by atoms with Gasteiger partial charge in [-0.25, -0.2) is 9.37 Å². The molecule has 0 unspecified atom stereocenters. The molecule has 0 amide bonds. The quantitative estimate of drug-likeness (QED) is 0.631. The van der Waals surface area contributed by atoms with E-state index in [0.29, 0.717) is 35.2 Å². The van der Waals surface area contributed by atoms with Gasteiger partial charge in [0.2, 0.25) is 5.95 Å². The highest BCUT2D eigenvalue weighted by Gasteiger charge is 2.16. The molecule has 0 spiro atoms. The fourth-order valence-corrected chi connectivity index (χ4v) is 3.64. The standard InChI is InChI=1S/C21H30FN5O/c1-15-14-19(23-2)26-21(24-15)25-17-9-10-18(28-3)16(20(17)22)8-4-5-11-27-12-6-7-13-27/h9-10,14H,4-8,11-13H2,1-3H3,(H2,23,24,25,26). The van der Waals surface area contributed by atoms with Crippen LogP contribution in [0.4, 0.5) is 21.8 Å². The highest BCUT2D eigenvalue weighted by atomic mass is 19.1. The Kier molecular flexibility index (Phi) is 7.03. The molecule has 1 aliphatic heterocycles. The molecule has 0 aliphatic carbocycles. The molecule has 1 aromatic carbocycles. The van der Waals surface area contributed by atoms with Crippen LogP contribution in [-0.2, 0) is 6.42 Å². The van der Waals surface area contributed by atoms with E-state index in [1.807, 2.05) is 13.0 Å². The van der Waals surface area contributed by atoms with Crippen molar-refractivity contribution in [3.8, 4) is 5.75 Å². The van der Waals surface area contributed by atoms with E-state index in [2.05, 4.69) is 25.5 Å². The predicted molar refractivity (Wildman–Crippen MR) is 111 cm³/mol. The fourth-order valence-electron chi connectivity index (χ4n) is 3.64. The van der Waals surface area contributed by atoms with Gasteiger partial charge in [-0.1, -0.05) is 0 Å². The highest BCUT2D eigenvalue weighted by molar-refractivity contribution is 5.60. The molecule has 7 heteroatoms. The van der Waals surface area contributed by atoms with Gasteiger partial charge in [-0.15, -0.1) is 0 Å². The molecule has 6 nitrogen and oxygen atoms in total. The maximum atomic E-state index is 15.2. The Morgan fingerprint density at radius 1 is 1.18 bits per heavy atom. The zero-order valence-corrected chi connectivity index (χ0v) is 17.0. The molecule has 1 aromatic heterocycles. The molecule has 1 saturated heterocycles. The van der Waals surface area contributed by atoms with Crippen LogP contribution >= 0.6 is 0 Å². The first kappa shape index (κ1) is 20.3. The molecule has 28 heavy (non-hydrogen) atoms. The number of halogens is 1. The van der Waals surface area contributed by atoms with Gasteiger partial charge in [0.05, 0.1) is 12.8 Å². The van der Waals surface area contributed by atoms with Crippen molar-refractivity contribution in [3.05, 3.63) is 35.3 Å². The van der Waals surface area contributed by atoms with E-state index in [1.54, 1.807) is 26.3 Å². The molecule has 1 fully saturated rings. The summed E-state index contributed by atoms with van der Waals surface area (Å²) in [4.78, 5) is 11.2. The summed E-state index contributed by atoms with van der Waals surface area (Å²) in [5, 5.41) is 6.00. The third kappa shape index (κ3) is 5.10. The number of nitrogens with one attached hydrogen (secondary N) is 2. The van der Waals surface area contributed by atoms with Gasteiger partial charge >= 0.3 is 0 Å². The first-order valence-corrected chi connectivity index (χ1v) is 9.99. The third-order valence-corrected chi connectivity index (χ3v) is 5.13. The number of anilines is 3. The smallest absolute Gasteiger partial charge is 0.229 e. The maximum absolute atomic E-state index is 15.2. The monoisotopic (exact) mass is 387 g/mol. The predicted octanol–water partition coefficient (Wildman–Crippen LogP) is 4.14. The Labute approximate surface area is 166 Å². The van der Waals surface area contributed by atoms with Gasteiger partial charge in [0.25, 0.3) is 0 Å². The minimum atomic E-state index is -0.295. The van der Waals surface area contributed by atoms with Crippen molar-refractivity contribution < 1.29 is 9.13 Å². The number of benzene rings is 1. The van der Waals surface area contributed by atoms with Gasteiger partial charge in [-0.05, 0) is 70.8 Å². The maximum Gasteiger partial charge on any atom is 0.229 e. The van der Waals surface area contributed by atoms with Crippen molar-refractivity contribution in [2.45, 2.75) is 39.0 Å². The van der Waals surface area contributed by atoms with Gasteiger partial charge in [0, 0.05) is 24.4 Å². The van der Waals surface area contributed by atoms with Crippen molar-refractivity contribution in [3.63, 3.8) is 0 Å². The molecule has 1 aliphatic rings. The van der Waals surface area contributed by atoms with Crippen LogP contribution in [0.3, 0.4) is 0 Å². The molecular formula is C21H30FN5O. The molecule has 2 aromatic rings. The summed E-state index contributed by atoms with van der Waals surface area (Å²) >= 11 is 0. The summed E-state index contributed by atoms with van der Waals surface area (Å²) in [6.07, 6.45) is 5.23. The molecule has 0 radical (unpaired) electrons.